The number of hydrogen-bond donors (Lipinski definition) is 0. The van der Waals surface area contributed by atoms with Crippen molar-refractivity contribution in [2.75, 3.05) is 6.61 Å². The normalized spacial score (nSPS) is 10.9. The summed E-state index contributed by atoms with van der Waals surface area (Å²) in [5.41, 5.74) is 0. The molecule has 0 aliphatic rings. The van der Waals surface area contributed by atoms with Crippen LogP contribution in [0, 0.1) is 0 Å². The number of rotatable bonds is 13. The van der Waals surface area contributed by atoms with Crippen molar-refractivity contribution >= 4 is 9.76 Å². The Morgan fingerprint density at radius 2 is 1.12 bits per heavy atom. The monoisotopic (exact) mass is 242 g/mol. The van der Waals surface area contributed by atoms with Crippen molar-refractivity contribution < 1.29 is 4.43 Å². The Bertz CT molecular complexity index is 103. The van der Waals surface area contributed by atoms with Gasteiger partial charge < -0.3 is 4.43 Å². The summed E-state index contributed by atoms with van der Waals surface area (Å²) in [4.78, 5) is 0. The van der Waals surface area contributed by atoms with Gasteiger partial charge in [-0.1, -0.05) is 71.1 Å². The molecule has 0 N–H and O–H groups in total. The van der Waals surface area contributed by atoms with Gasteiger partial charge in [-0.15, -0.1) is 0 Å². The maximum atomic E-state index is 5.34. The number of hydrogen-bond acceptors (Lipinski definition) is 1. The van der Waals surface area contributed by atoms with Crippen molar-refractivity contribution in [3.05, 3.63) is 0 Å². The zero-order valence-corrected chi connectivity index (χ0v) is 12.4. The third-order valence-corrected chi connectivity index (χ3v) is 3.49. The molecule has 1 nitrogen and oxygen atoms in total. The van der Waals surface area contributed by atoms with Crippen molar-refractivity contribution in [2.24, 2.45) is 0 Å². The highest BCUT2D eigenvalue weighted by Crippen LogP contribution is 2.11. The van der Waals surface area contributed by atoms with Crippen LogP contribution in [0.5, 0.6) is 0 Å². The lowest BCUT2D eigenvalue weighted by Gasteiger charge is -2.02. The van der Waals surface area contributed by atoms with Gasteiger partial charge in [0.2, 0.25) is 9.76 Å². The Kier molecular flexibility index (Phi) is 15.3. The molecule has 0 amide bonds. The van der Waals surface area contributed by atoms with Gasteiger partial charge in [0.1, 0.15) is 0 Å². The predicted octanol–water partition coefficient (Wildman–Crippen LogP) is 4.98. The molecule has 0 saturated carbocycles. The lowest BCUT2D eigenvalue weighted by Crippen LogP contribution is -1.95. The standard InChI is InChI=1S/C14H30OSi/c1-3-4-5-6-7-8-9-10-11-12-13-14-15-16-2/h3-14H2,1-2H3. The third kappa shape index (κ3) is 14.2. The van der Waals surface area contributed by atoms with E-state index in [9.17, 15) is 0 Å². The van der Waals surface area contributed by atoms with Crippen LogP contribution in [0.15, 0.2) is 0 Å². The first-order valence-electron chi connectivity index (χ1n) is 7.20. The van der Waals surface area contributed by atoms with E-state index in [1.807, 2.05) is 0 Å². The van der Waals surface area contributed by atoms with E-state index >= 15 is 0 Å². The highest BCUT2D eigenvalue weighted by Gasteiger charge is 1.92. The van der Waals surface area contributed by atoms with Crippen LogP contribution < -0.4 is 0 Å². The lowest BCUT2D eigenvalue weighted by atomic mass is 10.1. The molecule has 0 bridgehead atoms. The fourth-order valence-corrected chi connectivity index (χ4v) is 2.29. The summed E-state index contributed by atoms with van der Waals surface area (Å²) in [5, 5.41) is 0. The zero-order valence-electron chi connectivity index (χ0n) is 11.4. The molecule has 96 valence electrons. The van der Waals surface area contributed by atoms with Crippen LogP contribution in [0.3, 0.4) is 0 Å². The molecule has 0 spiro atoms. The molecule has 0 heterocycles. The van der Waals surface area contributed by atoms with Gasteiger partial charge in [0.05, 0.1) is 0 Å². The molecule has 0 unspecified atom stereocenters. The van der Waals surface area contributed by atoms with Crippen LogP contribution >= 0.6 is 0 Å². The molecule has 0 rings (SSSR count). The molecule has 0 aliphatic heterocycles. The Morgan fingerprint density at radius 3 is 1.56 bits per heavy atom. The van der Waals surface area contributed by atoms with Crippen molar-refractivity contribution in [1.82, 2.24) is 0 Å². The molecule has 0 fully saturated rings. The van der Waals surface area contributed by atoms with E-state index in [1.165, 1.54) is 70.6 Å². The molecule has 0 saturated heterocycles. The van der Waals surface area contributed by atoms with Gasteiger partial charge in [0, 0.05) is 6.61 Å². The zero-order chi connectivity index (χ0) is 11.9. The molecule has 2 heteroatoms. The fourth-order valence-electron chi connectivity index (χ4n) is 1.94. The summed E-state index contributed by atoms with van der Waals surface area (Å²) in [6.45, 7) is 5.35. The molecule has 0 aliphatic carbocycles. The van der Waals surface area contributed by atoms with Crippen LogP contribution in [0.1, 0.15) is 77.6 Å². The topological polar surface area (TPSA) is 9.23 Å². The maximum Gasteiger partial charge on any atom is 0.226 e. The second kappa shape index (κ2) is 15.2. The van der Waals surface area contributed by atoms with Gasteiger partial charge in [-0.05, 0) is 13.0 Å². The fraction of sp³-hybridized carbons (Fsp3) is 1.00. The van der Waals surface area contributed by atoms with Gasteiger partial charge in [0.15, 0.2) is 0 Å². The first kappa shape index (κ1) is 16.2. The van der Waals surface area contributed by atoms with E-state index in [0.717, 1.165) is 6.61 Å². The molecule has 0 aromatic carbocycles. The minimum absolute atomic E-state index is 0.669. The summed E-state index contributed by atoms with van der Waals surface area (Å²) < 4.78 is 5.34. The van der Waals surface area contributed by atoms with Crippen molar-refractivity contribution in [2.45, 2.75) is 84.1 Å². The molecule has 0 atom stereocenters. The highest BCUT2D eigenvalue weighted by atomic mass is 28.2. The Labute approximate surface area is 105 Å². The van der Waals surface area contributed by atoms with Crippen molar-refractivity contribution in [3.8, 4) is 0 Å². The quantitative estimate of drug-likeness (QED) is 0.327. The summed E-state index contributed by atoms with van der Waals surface area (Å²) in [6, 6.07) is 0. The summed E-state index contributed by atoms with van der Waals surface area (Å²) in [7, 11) is 0.669. The molecule has 16 heavy (non-hydrogen) atoms. The largest absolute Gasteiger partial charge is 0.418 e. The van der Waals surface area contributed by atoms with Crippen molar-refractivity contribution in [1.29, 1.82) is 0 Å². The molecular formula is C14H30OSi. The Balaban J connectivity index is 2.83. The first-order valence-corrected chi connectivity index (χ1v) is 8.61. The van der Waals surface area contributed by atoms with E-state index in [1.54, 1.807) is 0 Å². The third-order valence-electron chi connectivity index (χ3n) is 2.99. The minimum Gasteiger partial charge on any atom is -0.418 e. The predicted molar refractivity (Wildman–Crippen MR) is 74.0 cm³/mol. The van der Waals surface area contributed by atoms with E-state index in [0.29, 0.717) is 9.76 Å². The van der Waals surface area contributed by atoms with Gasteiger partial charge in [-0.2, -0.15) is 0 Å². The van der Waals surface area contributed by atoms with Crippen LogP contribution in [-0.4, -0.2) is 16.4 Å². The average Bonchev–Trinajstić information content (AvgIpc) is 2.31. The van der Waals surface area contributed by atoms with Gasteiger partial charge in [-0.3, -0.25) is 0 Å². The lowest BCUT2D eigenvalue weighted by molar-refractivity contribution is 0.323. The van der Waals surface area contributed by atoms with Crippen molar-refractivity contribution in [3.63, 3.8) is 0 Å². The smallest absolute Gasteiger partial charge is 0.226 e. The van der Waals surface area contributed by atoms with Gasteiger partial charge in [0.25, 0.3) is 0 Å². The van der Waals surface area contributed by atoms with Crippen LogP contribution in [0.2, 0.25) is 6.55 Å². The Hall–Kier alpha value is 0.177. The minimum atomic E-state index is 0.669. The highest BCUT2D eigenvalue weighted by molar-refractivity contribution is 6.24. The SMILES string of the molecule is CCCCCCCCCCCCCO[Si]C. The van der Waals surface area contributed by atoms with E-state index in [-0.39, 0.29) is 0 Å². The van der Waals surface area contributed by atoms with E-state index in [4.69, 9.17) is 4.43 Å². The summed E-state index contributed by atoms with van der Waals surface area (Å²) in [5.74, 6) is 0. The van der Waals surface area contributed by atoms with E-state index in [2.05, 4.69) is 13.5 Å². The second-order valence-electron chi connectivity index (χ2n) is 4.59. The maximum absolute atomic E-state index is 5.34. The average molecular weight is 242 g/mol. The first-order chi connectivity index (χ1) is 7.91. The number of unbranched alkanes of at least 4 members (excludes halogenated alkanes) is 10. The molecule has 0 aromatic heterocycles. The molecule has 2 radical (unpaired) electrons. The molecular weight excluding hydrogens is 212 g/mol. The van der Waals surface area contributed by atoms with Gasteiger partial charge >= 0.3 is 0 Å². The van der Waals surface area contributed by atoms with Crippen LogP contribution in [0.4, 0.5) is 0 Å². The van der Waals surface area contributed by atoms with E-state index < -0.39 is 0 Å². The van der Waals surface area contributed by atoms with Gasteiger partial charge in [-0.25, -0.2) is 0 Å². The summed E-state index contributed by atoms with van der Waals surface area (Å²) in [6.07, 6.45) is 15.5. The van der Waals surface area contributed by atoms with Crippen LogP contribution in [0.25, 0.3) is 0 Å². The summed E-state index contributed by atoms with van der Waals surface area (Å²) >= 11 is 0. The second-order valence-corrected chi connectivity index (χ2v) is 5.29. The van der Waals surface area contributed by atoms with Crippen LogP contribution in [-0.2, 0) is 4.43 Å². The molecule has 0 aromatic rings. The Morgan fingerprint density at radius 1 is 0.688 bits per heavy atom.